The molecule has 0 aromatic heterocycles. The van der Waals surface area contributed by atoms with Crippen molar-refractivity contribution in [1.29, 1.82) is 0 Å². The van der Waals surface area contributed by atoms with Gasteiger partial charge in [0.1, 0.15) is 0 Å². The number of benzene rings is 1. The highest BCUT2D eigenvalue weighted by Gasteiger charge is 2.30. The van der Waals surface area contributed by atoms with Crippen LogP contribution in [0.5, 0.6) is 0 Å². The van der Waals surface area contributed by atoms with Gasteiger partial charge in [-0.2, -0.15) is 0 Å². The highest BCUT2D eigenvalue weighted by molar-refractivity contribution is 6.09. The molecule has 1 aromatic rings. The molecule has 0 spiro atoms. The van der Waals surface area contributed by atoms with Crippen molar-refractivity contribution in [3.05, 3.63) is 33.4 Å². The third-order valence-corrected chi connectivity index (χ3v) is 15.4. The number of carbonyl (C=O) groups is 3. The number of nitrogens with two attached hydrogens (primary N) is 3. The molecule has 6 N–H and O–H groups in total. The van der Waals surface area contributed by atoms with Crippen LogP contribution in [0.2, 0.25) is 0 Å². The Bertz CT molecular complexity index is 1190. The van der Waals surface area contributed by atoms with Crippen LogP contribution in [0.4, 0.5) is 0 Å². The van der Waals surface area contributed by atoms with Crippen LogP contribution in [0.25, 0.3) is 0 Å². The Balaban J connectivity index is 2.84. The molecule has 69 heavy (non-hydrogen) atoms. The Kier molecular flexibility index (Phi) is 44.9. The molecular weight excluding hydrogens is 847 g/mol. The summed E-state index contributed by atoms with van der Waals surface area (Å²) in [6.07, 6.45) is 63.2. The molecule has 0 heterocycles. The van der Waals surface area contributed by atoms with Crippen molar-refractivity contribution in [2.45, 2.75) is 348 Å². The molecule has 0 radical (unpaired) electrons. The molecule has 0 atom stereocenters. The Morgan fingerprint density at radius 1 is 0.217 bits per heavy atom. The Morgan fingerprint density at radius 3 is 0.449 bits per heavy atom. The second kappa shape index (κ2) is 47.9. The maximum absolute atomic E-state index is 13.5. The highest BCUT2D eigenvalue weighted by Crippen LogP contribution is 2.33. The maximum Gasteiger partial charge on any atom is 0.249 e. The van der Waals surface area contributed by atoms with Gasteiger partial charge in [0.05, 0.1) is 0 Å². The number of amides is 3. The molecule has 0 aliphatic heterocycles. The normalized spacial score (nSPS) is 11.5. The third kappa shape index (κ3) is 34.6. The van der Waals surface area contributed by atoms with Crippen LogP contribution in [-0.2, 0) is 19.3 Å². The topological polar surface area (TPSA) is 129 Å². The van der Waals surface area contributed by atoms with E-state index in [1.807, 2.05) is 0 Å². The van der Waals surface area contributed by atoms with Gasteiger partial charge in [-0.1, -0.05) is 310 Å². The number of primary amides is 3. The molecule has 0 fully saturated rings. The number of hydrogen-bond acceptors (Lipinski definition) is 3. The Morgan fingerprint density at radius 2 is 0.333 bits per heavy atom. The summed E-state index contributed by atoms with van der Waals surface area (Å²) in [7, 11) is 0. The maximum atomic E-state index is 13.5. The van der Waals surface area contributed by atoms with Crippen molar-refractivity contribution in [3.8, 4) is 0 Å². The number of rotatable bonds is 54. The zero-order valence-corrected chi connectivity index (χ0v) is 46.5. The lowest BCUT2D eigenvalue weighted by molar-refractivity contribution is 0.0998. The quantitative estimate of drug-likeness (QED) is 0.0562. The molecule has 3 amide bonds. The average Bonchev–Trinajstić information content (AvgIpc) is 3.33. The van der Waals surface area contributed by atoms with Crippen molar-refractivity contribution >= 4 is 17.7 Å². The lowest BCUT2D eigenvalue weighted by Gasteiger charge is -2.24. The summed E-state index contributed by atoms with van der Waals surface area (Å²) in [6, 6.07) is 0. The van der Waals surface area contributed by atoms with Gasteiger partial charge < -0.3 is 17.2 Å². The molecule has 0 aliphatic rings. The largest absolute Gasteiger partial charge is 0.366 e. The summed E-state index contributed by atoms with van der Waals surface area (Å²) < 4.78 is 0. The second-order valence-electron chi connectivity index (χ2n) is 21.8. The first-order chi connectivity index (χ1) is 33.8. The minimum atomic E-state index is -0.577. The lowest BCUT2D eigenvalue weighted by Crippen LogP contribution is -2.29. The summed E-state index contributed by atoms with van der Waals surface area (Å²) in [6.45, 7) is 6.85. The van der Waals surface area contributed by atoms with Gasteiger partial charge in [0.2, 0.25) is 17.7 Å². The fourth-order valence-corrected chi connectivity index (χ4v) is 11.1. The predicted molar refractivity (Wildman–Crippen MR) is 302 cm³/mol. The van der Waals surface area contributed by atoms with E-state index in [2.05, 4.69) is 20.8 Å². The van der Waals surface area contributed by atoms with Crippen LogP contribution in [0.1, 0.15) is 377 Å². The van der Waals surface area contributed by atoms with Crippen molar-refractivity contribution in [3.63, 3.8) is 0 Å². The van der Waals surface area contributed by atoms with Gasteiger partial charge in [-0.3, -0.25) is 14.4 Å². The van der Waals surface area contributed by atoms with Gasteiger partial charge in [0.25, 0.3) is 0 Å². The smallest absolute Gasteiger partial charge is 0.249 e. The van der Waals surface area contributed by atoms with E-state index in [0.29, 0.717) is 52.6 Å². The van der Waals surface area contributed by atoms with Crippen LogP contribution in [0.3, 0.4) is 0 Å². The second-order valence-corrected chi connectivity index (χ2v) is 21.8. The zero-order valence-electron chi connectivity index (χ0n) is 46.5. The van der Waals surface area contributed by atoms with E-state index in [-0.39, 0.29) is 0 Å². The van der Waals surface area contributed by atoms with Crippen molar-refractivity contribution in [2.75, 3.05) is 0 Å². The fraction of sp³-hybridized carbons (Fsp3) is 0.857. The van der Waals surface area contributed by atoms with Crippen molar-refractivity contribution in [2.24, 2.45) is 17.2 Å². The molecule has 6 nitrogen and oxygen atoms in total. The predicted octanol–water partition coefficient (Wildman–Crippen LogP) is 19.4. The summed E-state index contributed by atoms with van der Waals surface area (Å²) >= 11 is 0. The number of unbranched alkanes of at least 4 members (excludes halogenated alkanes) is 45. The van der Waals surface area contributed by atoms with E-state index < -0.39 is 17.7 Å². The molecular formula is C63H117N3O3. The molecule has 1 aromatic carbocycles. The Hall–Kier alpha value is -2.37. The first-order valence-corrected chi connectivity index (χ1v) is 30.9. The highest BCUT2D eigenvalue weighted by atomic mass is 16.2. The molecule has 0 unspecified atom stereocenters. The molecule has 0 bridgehead atoms. The zero-order chi connectivity index (χ0) is 50.3. The lowest BCUT2D eigenvalue weighted by atomic mass is 9.80. The van der Waals surface area contributed by atoms with Gasteiger partial charge in [0, 0.05) is 16.7 Å². The van der Waals surface area contributed by atoms with Gasteiger partial charge in [0.15, 0.2) is 0 Å². The fourth-order valence-electron chi connectivity index (χ4n) is 11.1. The summed E-state index contributed by atoms with van der Waals surface area (Å²) in [4.78, 5) is 40.4. The molecule has 0 aliphatic carbocycles. The molecule has 0 saturated carbocycles. The SMILES string of the molecule is CCCCCCCCCCCCCCCCCCc1c(C(N)=O)c(CCCCCCCCCCCCCCCCCC)c(C(N)=O)c(CCCCCCCCCCCCCCCCCC)c1C(N)=O. The first kappa shape index (κ1) is 64.6. The van der Waals surface area contributed by atoms with Crippen molar-refractivity contribution in [1.82, 2.24) is 0 Å². The van der Waals surface area contributed by atoms with Gasteiger partial charge in [-0.25, -0.2) is 0 Å². The molecule has 6 heteroatoms. The van der Waals surface area contributed by atoms with Crippen LogP contribution >= 0.6 is 0 Å². The monoisotopic (exact) mass is 964 g/mol. The molecule has 0 saturated heterocycles. The van der Waals surface area contributed by atoms with Crippen LogP contribution < -0.4 is 17.2 Å². The minimum Gasteiger partial charge on any atom is -0.366 e. The Labute approximate surface area is 429 Å². The van der Waals surface area contributed by atoms with Crippen LogP contribution in [0, 0.1) is 0 Å². The van der Waals surface area contributed by atoms with E-state index >= 15 is 0 Å². The van der Waals surface area contributed by atoms with E-state index in [4.69, 9.17) is 17.2 Å². The number of hydrogen-bond donors (Lipinski definition) is 3. The standard InChI is InChI=1S/C63H117N3O3/c1-4-7-10-13-16-19-22-25-28-31-34-37-40-43-46-49-52-55-58(61(64)67)56(53-50-47-44-41-38-35-32-29-26-23-20-17-14-11-8-5-2)60(63(66)69)57(59(55)62(65)68)54-51-48-45-42-39-36-33-30-27-24-21-18-15-12-9-6-3/h4-54H2,1-3H3,(H2,64,67)(H2,65,68)(H2,66,69). The molecule has 402 valence electrons. The molecule has 1 rings (SSSR count). The van der Waals surface area contributed by atoms with Crippen molar-refractivity contribution < 1.29 is 14.4 Å². The van der Waals surface area contributed by atoms with Gasteiger partial charge >= 0.3 is 0 Å². The van der Waals surface area contributed by atoms with E-state index in [9.17, 15) is 14.4 Å². The average molecular weight is 965 g/mol. The first-order valence-electron chi connectivity index (χ1n) is 30.9. The third-order valence-electron chi connectivity index (χ3n) is 15.4. The van der Waals surface area contributed by atoms with Crippen LogP contribution in [-0.4, -0.2) is 17.7 Å². The van der Waals surface area contributed by atoms with Gasteiger partial charge in [-0.15, -0.1) is 0 Å². The van der Waals surface area contributed by atoms with Crippen LogP contribution in [0.15, 0.2) is 0 Å². The minimum absolute atomic E-state index is 0.343. The van der Waals surface area contributed by atoms with E-state index in [1.165, 1.54) is 250 Å². The number of carbonyl (C=O) groups excluding carboxylic acids is 3. The summed E-state index contributed by atoms with van der Waals surface area (Å²) in [5, 5.41) is 0. The summed E-state index contributed by atoms with van der Waals surface area (Å²) in [5.74, 6) is -1.73. The van der Waals surface area contributed by atoms with Gasteiger partial charge in [-0.05, 0) is 55.2 Å². The van der Waals surface area contributed by atoms with E-state index in [1.54, 1.807) is 0 Å². The summed E-state index contributed by atoms with van der Waals surface area (Å²) in [5.41, 5.74) is 21.7. The van der Waals surface area contributed by atoms with E-state index in [0.717, 1.165) is 57.8 Å².